The van der Waals surface area contributed by atoms with Crippen LogP contribution in [0, 0.1) is 0 Å². The molecule has 3 heterocycles. The first-order chi connectivity index (χ1) is 11.5. The molecule has 24 heavy (non-hydrogen) atoms. The highest BCUT2D eigenvalue weighted by molar-refractivity contribution is 7.80. The number of nitrogens with one attached hydrogen (secondary N) is 1. The average molecular weight is 346 g/mol. The maximum atomic E-state index is 12.1. The van der Waals surface area contributed by atoms with Gasteiger partial charge >= 0.3 is 0 Å². The van der Waals surface area contributed by atoms with E-state index in [1.807, 2.05) is 6.07 Å². The van der Waals surface area contributed by atoms with Gasteiger partial charge in [0, 0.05) is 31.8 Å². The van der Waals surface area contributed by atoms with Crippen molar-refractivity contribution in [2.45, 2.75) is 18.9 Å². The van der Waals surface area contributed by atoms with Crippen LogP contribution in [0.5, 0.6) is 0 Å². The predicted molar refractivity (Wildman–Crippen MR) is 93.3 cm³/mol. The van der Waals surface area contributed by atoms with Crippen LogP contribution in [0.4, 0.5) is 5.82 Å². The molecular formula is C16H18N4O3S. The van der Waals surface area contributed by atoms with Crippen LogP contribution in [0.1, 0.15) is 17.5 Å². The van der Waals surface area contributed by atoms with Crippen LogP contribution in [0.3, 0.4) is 0 Å². The molecule has 126 valence electrons. The van der Waals surface area contributed by atoms with E-state index in [-0.39, 0.29) is 24.5 Å². The summed E-state index contributed by atoms with van der Waals surface area (Å²) >= 11 is 4.74. The zero-order valence-corrected chi connectivity index (χ0v) is 13.8. The molecule has 2 aliphatic rings. The second-order valence-electron chi connectivity index (χ2n) is 5.80. The zero-order valence-electron chi connectivity index (χ0n) is 13.0. The van der Waals surface area contributed by atoms with E-state index in [1.54, 1.807) is 17.2 Å². The summed E-state index contributed by atoms with van der Waals surface area (Å²) in [7, 11) is 0. The van der Waals surface area contributed by atoms with E-state index in [2.05, 4.69) is 10.3 Å². The molecule has 0 unspecified atom stereocenters. The minimum Gasteiger partial charge on any atom is -0.391 e. The van der Waals surface area contributed by atoms with E-state index in [4.69, 9.17) is 22.7 Å². The number of anilines is 1. The van der Waals surface area contributed by atoms with E-state index in [1.165, 1.54) is 6.08 Å². The van der Waals surface area contributed by atoms with Gasteiger partial charge in [0.1, 0.15) is 5.82 Å². The molecule has 0 saturated carbocycles. The summed E-state index contributed by atoms with van der Waals surface area (Å²) in [6, 6.07) is 1.94. The summed E-state index contributed by atoms with van der Waals surface area (Å²) in [5, 5.41) is 2.73. The van der Waals surface area contributed by atoms with Crippen LogP contribution in [0.25, 0.3) is 6.08 Å². The lowest BCUT2D eigenvalue weighted by Gasteiger charge is -2.38. The number of pyridine rings is 1. The van der Waals surface area contributed by atoms with E-state index in [9.17, 15) is 9.59 Å². The predicted octanol–water partition coefficient (Wildman–Crippen LogP) is 0.493. The van der Waals surface area contributed by atoms with Gasteiger partial charge in [-0.2, -0.15) is 0 Å². The maximum Gasteiger partial charge on any atom is 0.246 e. The van der Waals surface area contributed by atoms with Gasteiger partial charge in [-0.1, -0.05) is 12.2 Å². The Morgan fingerprint density at radius 3 is 3.04 bits per heavy atom. The number of likely N-dealkylation sites (tertiary alicyclic amines) is 1. The topological polar surface area (TPSA) is 97.6 Å². The van der Waals surface area contributed by atoms with E-state index in [0.29, 0.717) is 36.7 Å². The molecule has 1 aromatic rings. The largest absolute Gasteiger partial charge is 0.391 e. The first-order valence-electron chi connectivity index (χ1n) is 7.67. The fourth-order valence-electron chi connectivity index (χ4n) is 2.56. The number of hydrogen-bond acceptors (Lipinski definition) is 5. The Balaban J connectivity index is 1.52. The molecule has 0 bridgehead atoms. The van der Waals surface area contributed by atoms with Gasteiger partial charge in [0.25, 0.3) is 0 Å². The zero-order chi connectivity index (χ0) is 17.1. The Kier molecular flexibility index (Phi) is 4.86. The van der Waals surface area contributed by atoms with Gasteiger partial charge in [-0.15, -0.1) is 0 Å². The number of aromatic nitrogens is 1. The van der Waals surface area contributed by atoms with E-state index < -0.39 is 0 Å². The number of carbonyl (C=O) groups is 2. The van der Waals surface area contributed by atoms with Crippen molar-refractivity contribution < 1.29 is 14.3 Å². The highest BCUT2D eigenvalue weighted by Crippen LogP contribution is 2.21. The van der Waals surface area contributed by atoms with Gasteiger partial charge in [-0.05, 0) is 29.7 Å². The Bertz CT molecular complexity index is 713. The molecule has 0 aromatic carbocycles. The Morgan fingerprint density at radius 1 is 1.50 bits per heavy atom. The molecule has 1 fully saturated rings. The molecule has 0 spiro atoms. The van der Waals surface area contributed by atoms with Crippen molar-refractivity contribution in [3.63, 3.8) is 0 Å². The van der Waals surface area contributed by atoms with Gasteiger partial charge in [0.05, 0.1) is 17.7 Å². The van der Waals surface area contributed by atoms with Crippen LogP contribution in [-0.2, 0) is 20.7 Å². The highest BCUT2D eigenvalue weighted by atomic mass is 32.1. The number of fused-ring (bicyclic) bond motifs is 1. The minimum atomic E-state index is -0.0730. The summed E-state index contributed by atoms with van der Waals surface area (Å²) in [5.74, 6) is 0.518. The molecule has 8 heteroatoms. The number of ether oxygens (including phenoxy) is 1. The first kappa shape index (κ1) is 16.5. The molecule has 2 amide bonds. The molecule has 1 saturated heterocycles. The monoisotopic (exact) mass is 346 g/mol. The molecule has 2 aliphatic heterocycles. The number of nitrogens with zero attached hydrogens (tertiary/aromatic N) is 2. The first-order valence-corrected chi connectivity index (χ1v) is 8.08. The van der Waals surface area contributed by atoms with Gasteiger partial charge in [-0.25, -0.2) is 4.98 Å². The second-order valence-corrected chi connectivity index (χ2v) is 6.32. The number of aryl methyl sites for hydroxylation is 1. The molecule has 3 rings (SSSR count). The van der Waals surface area contributed by atoms with Crippen LogP contribution in [0.2, 0.25) is 0 Å². The lowest BCUT2D eigenvalue weighted by atomic mass is 10.0. The number of rotatable bonds is 5. The lowest BCUT2D eigenvalue weighted by molar-refractivity contribution is -0.138. The third kappa shape index (κ3) is 3.95. The quantitative estimate of drug-likeness (QED) is 0.595. The normalized spacial score (nSPS) is 17.3. The molecular weight excluding hydrogens is 328 g/mol. The van der Waals surface area contributed by atoms with Gasteiger partial charge in [-0.3, -0.25) is 9.59 Å². The summed E-state index contributed by atoms with van der Waals surface area (Å²) < 4.78 is 5.42. The number of thiocarbonyl (C=S) groups is 1. The summed E-state index contributed by atoms with van der Waals surface area (Å²) in [5.41, 5.74) is 7.19. The minimum absolute atomic E-state index is 0.00197. The SMILES string of the molecule is NC(=S)COC1CN(C(=O)/C=C/c2cnc3c(c2)CCC(=O)N3)C1. The fraction of sp³-hybridized carbons (Fsp3) is 0.375. The Hall–Kier alpha value is -2.32. The van der Waals surface area contributed by atoms with Gasteiger partial charge in [0.2, 0.25) is 11.8 Å². The highest BCUT2D eigenvalue weighted by Gasteiger charge is 2.30. The molecule has 0 aliphatic carbocycles. The van der Waals surface area contributed by atoms with Gasteiger partial charge in [0.15, 0.2) is 0 Å². The third-order valence-electron chi connectivity index (χ3n) is 3.91. The second kappa shape index (κ2) is 7.06. The number of hydrogen-bond donors (Lipinski definition) is 2. The van der Waals surface area contributed by atoms with Crippen LogP contribution in [0.15, 0.2) is 18.3 Å². The Morgan fingerprint density at radius 2 is 2.29 bits per heavy atom. The van der Waals surface area contributed by atoms with E-state index in [0.717, 1.165) is 11.1 Å². The third-order valence-corrected chi connectivity index (χ3v) is 4.02. The lowest BCUT2D eigenvalue weighted by Crippen LogP contribution is -2.54. The summed E-state index contributed by atoms with van der Waals surface area (Å²) in [6.07, 6.45) is 6.01. The summed E-state index contributed by atoms with van der Waals surface area (Å²) in [4.78, 5) is 29.6. The Labute approximate surface area is 144 Å². The summed E-state index contributed by atoms with van der Waals surface area (Å²) in [6.45, 7) is 1.33. The smallest absolute Gasteiger partial charge is 0.246 e. The number of carbonyl (C=O) groups excluding carboxylic acids is 2. The van der Waals surface area contributed by atoms with Crippen molar-refractivity contribution in [2.75, 3.05) is 25.0 Å². The van der Waals surface area contributed by atoms with Crippen LogP contribution in [-0.4, -0.2) is 52.5 Å². The van der Waals surface area contributed by atoms with Gasteiger partial charge < -0.3 is 20.7 Å². The van der Waals surface area contributed by atoms with Crippen molar-refractivity contribution in [3.8, 4) is 0 Å². The maximum absolute atomic E-state index is 12.1. The van der Waals surface area contributed by atoms with Crippen LogP contribution < -0.4 is 11.1 Å². The molecule has 7 nitrogen and oxygen atoms in total. The molecule has 1 aromatic heterocycles. The average Bonchev–Trinajstić information content (AvgIpc) is 2.51. The molecule has 3 N–H and O–H groups in total. The molecule has 0 radical (unpaired) electrons. The van der Waals surface area contributed by atoms with Crippen molar-refractivity contribution in [1.29, 1.82) is 0 Å². The molecule has 0 atom stereocenters. The van der Waals surface area contributed by atoms with Crippen molar-refractivity contribution in [1.82, 2.24) is 9.88 Å². The standard InChI is InChI=1S/C16H18N4O3S/c17-13(24)9-23-12-7-20(8-12)15(22)4-1-10-5-11-2-3-14(21)19-16(11)18-6-10/h1,4-6,12H,2-3,7-9H2,(H2,17,24)(H,18,19,21)/b4-1+. The van der Waals surface area contributed by atoms with Crippen molar-refractivity contribution in [3.05, 3.63) is 29.5 Å². The van der Waals surface area contributed by atoms with E-state index >= 15 is 0 Å². The van der Waals surface area contributed by atoms with Crippen molar-refractivity contribution >= 4 is 40.9 Å². The number of nitrogens with two attached hydrogens (primary N) is 1. The number of amides is 2. The van der Waals surface area contributed by atoms with Crippen LogP contribution >= 0.6 is 12.2 Å². The fourth-order valence-corrected chi connectivity index (χ4v) is 2.63. The van der Waals surface area contributed by atoms with Crippen molar-refractivity contribution in [2.24, 2.45) is 5.73 Å².